The van der Waals surface area contributed by atoms with Crippen LogP contribution < -0.4 is 9.80 Å². The molecule has 0 bridgehead atoms. The number of phenolic OH excluding ortho intramolecular Hbond substituents is 2. The first kappa shape index (κ1) is 27.3. The smallest absolute Gasteiger partial charge is 0.115 e. The number of para-hydroxylation sites is 2. The highest BCUT2D eigenvalue weighted by molar-refractivity contribution is 6.24. The van der Waals surface area contributed by atoms with Gasteiger partial charge >= 0.3 is 0 Å². The Morgan fingerprint density at radius 2 is 0.587 bits per heavy atom. The maximum absolute atomic E-state index is 10.1. The highest BCUT2D eigenvalue weighted by Crippen LogP contribution is 2.47. The Kier molecular flexibility index (Phi) is 6.73. The number of benzene rings is 8. The summed E-state index contributed by atoms with van der Waals surface area (Å²) in [5.41, 5.74) is 6.07. The van der Waals surface area contributed by atoms with Gasteiger partial charge in [-0.05, 0) is 106 Å². The Hall–Kier alpha value is -6.26. The predicted octanol–water partition coefficient (Wildman–Crippen LogP) is 11.5. The molecule has 8 aromatic rings. The molecule has 0 aliphatic heterocycles. The molecule has 4 heteroatoms. The monoisotopic (exact) mass is 594 g/mol. The summed E-state index contributed by atoms with van der Waals surface area (Å²) in [6, 6.07) is 57.2. The number of aromatic hydroxyl groups is 2. The van der Waals surface area contributed by atoms with Crippen LogP contribution in [-0.2, 0) is 0 Å². The summed E-state index contributed by atoms with van der Waals surface area (Å²) in [4.78, 5) is 4.52. The predicted molar refractivity (Wildman–Crippen MR) is 192 cm³/mol. The molecule has 0 amide bonds. The van der Waals surface area contributed by atoms with Gasteiger partial charge in [-0.25, -0.2) is 0 Å². The highest BCUT2D eigenvalue weighted by Gasteiger charge is 2.21. The van der Waals surface area contributed by atoms with Crippen LogP contribution in [0.25, 0.3) is 32.3 Å². The number of hydrogen-bond donors (Lipinski definition) is 2. The van der Waals surface area contributed by atoms with Crippen molar-refractivity contribution < 1.29 is 10.2 Å². The van der Waals surface area contributed by atoms with Gasteiger partial charge in [0.25, 0.3) is 0 Å². The molecule has 220 valence electrons. The van der Waals surface area contributed by atoms with E-state index >= 15 is 0 Å². The van der Waals surface area contributed by atoms with Crippen LogP contribution in [0.4, 0.5) is 34.1 Å². The Bertz CT molecular complexity index is 2150. The Labute approximate surface area is 267 Å². The van der Waals surface area contributed by atoms with E-state index in [-0.39, 0.29) is 11.5 Å². The van der Waals surface area contributed by atoms with E-state index in [2.05, 4.69) is 119 Å². The number of anilines is 6. The molecule has 0 spiro atoms. The Balaban J connectivity index is 1.46. The normalized spacial score (nSPS) is 11.2. The number of fused-ring (bicyclic) bond motifs is 5. The quantitative estimate of drug-likeness (QED) is 0.188. The molecule has 0 aliphatic rings. The largest absolute Gasteiger partial charge is 0.508 e. The van der Waals surface area contributed by atoms with Crippen LogP contribution in [0, 0.1) is 0 Å². The fourth-order valence-electron chi connectivity index (χ4n) is 6.49. The second-order valence-electron chi connectivity index (χ2n) is 11.4. The molecular weight excluding hydrogens is 564 g/mol. The van der Waals surface area contributed by atoms with Gasteiger partial charge in [0.2, 0.25) is 0 Å². The van der Waals surface area contributed by atoms with Crippen LogP contribution in [0.1, 0.15) is 0 Å². The molecular formula is C42H30N2O2. The zero-order valence-electron chi connectivity index (χ0n) is 25.0. The van der Waals surface area contributed by atoms with E-state index in [9.17, 15) is 10.2 Å². The minimum atomic E-state index is 0.232. The van der Waals surface area contributed by atoms with Crippen molar-refractivity contribution in [1.82, 2.24) is 0 Å². The molecule has 0 radical (unpaired) electrons. The molecule has 0 aromatic heterocycles. The van der Waals surface area contributed by atoms with E-state index in [0.717, 1.165) is 66.4 Å². The lowest BCUT2D eigenvalue weighted by Crippen LogP contribution is -2.11. The lowest BCUT2D eigenvalue weighted by molar-refractivity contribution is 0.475. The Morgan fingerprint density at radius 1 is 0.283 bits per heavy atom. The third kappa shape index (κ3) is 4.73. The summed E-state index contributed by atoms with van der Waals surface area (Å²) in [7, 11) is 0. The maximum Gasteiger partial charge on any atom is 0.115 e. The van der Waals surface area contributed by atoms with Crippen LogP contribution in [0.15, 0.2) is 170 Å². The number of rotatable bonds is 6. The van der Waals surface area contributed by atoms with E-state index in [1.165, 1.54) is 0 Å². The maximum atomic E-state index is 10.1. The lowest BCUT2D eigenvalue weighted by atomic mass is 9.93. The van der Waals surface area contributed by atoms with Crippen molar-refractivity contribution in [1.29, 1.82) is 0 Å². The zero-order valence-corrected chi connectivity index (χ0v) is 25.0. The second-order valence-corrected chi connectivity index (χ2v) is 11.4. The average Bonchev–Trinajstić information content (AvgIpc) is 3.11. The van der Waals surface area contributed by atoms with Crippen molar-refractivity contribution in [2.24, 2.45) is 0 Å². The first-order valence-electron chi connectivity index (χ1n) is 15.3. The third-order valence-electron chi connectivity index (χ3n) is 8.57. The molecule has 46 heavy (non-hydrogen) atoms. The van der Waals surface area contributed by atoms with Crippen molar-refractivity contribution in [2.45, 2.75) is 0 Å². The van der Waals surface area contributed by atoms with Crippen molar-refractivity contribution >= 4 is 66.4 Å². The summed E-state index contributed by atoms with van der Waals surface area (Å²) < 4.78 is 0. The van der Waals surface area contributed by atoms with Crippen molar-refractivity contribution in [2.75, 3.05) is 9.80 Å². The van der Waals surface area contributed by atoms with Crippen LogP contribution in [0.3, 0.4) is 0 Å². The van der Waals surface area contributed by atoms with E-state index in [4.69, 9.17) is 0 Å². The molecule has 8 rings (SSSR count). The van der Waals surface area contributed by atoms with Gasteiger partial charge in [-0.1, -0.05) is 84.9 Å². The van der Waals surface area contributed by atoms with Gasteiger partial charge in [0.05, 0.1) is 11.4 Å². The van der Waals surface area contributed by atoms with E-state index in [1.54, 1.807) is 24.3 Å². The van der Waals surface area contributed by atoms with E-state index in [0.29, 0.717) is 0 Å². The van der Waals surface area contributed by atoms with E-state index in [1.807, 2.05) is 36.4 Å². The third-order valence-corrected chi connectivity index (χ3v) is 8.57. The van der Waals surface area contributed by atoms with Crippen LogP contribution in [0.5, 0.6) is 11.5 Å². The van der Waals surface area contributed by atoms with Gasteiger partial charge in [-0.3, -0.25) is 0 Å². The molecule has 0 heterocycles. The zero-order chi connectivity index (χ0) is 31.0. The molecule has 0 fully saturated rings. The summed E-state index contributed by atoms with van der Waals surface area (Å²) in [5, 5.41) is 27.0. The number of phenols is 2. The molecule has 0 saturated heterocycles. The minimum absolute atomic E-state index is 0.232. The van der Waals surface area contributed by atoms with Crippen LogP contribution >= 0.6 is 0 Å². The molecule has 0 saturated carbocycles. The summed E-state index contributed by atoms with van der Waals surface area (Å²) in [6.45, 7) is 0. The van der Waals surface area contributed by atoms with Crippen LogP contribution in [0.2, 0.25) is 0 Å². The number of nitrogens with zero attached hydrogens (tertiary/aromatic N) is 2. The molecule has 4 nitrogen and oxygen atoms in total. The summed E-state index contributed by atoms with van der Waals surface area (Å²) in [6.07, 6.45) is 0. The topological polar surface area (TPSA) is 46.9 Å². The minimum Gasteiger partial charge on any atom is -0.508 e. The second kappa shape index (κ2) is 11.3. The number of hydrogen-bond acceptors (Lipinski definition) is 4. The van der Waals surface area contributed by atoms with Gasteiger partial charge < -0.3 is 20.0 Å². The van der Waals surface area contributed by atoms with Gasteiger partial charge in [0.15, 0.2) is 0 Å². The molecule has 0 aliphatic carbocycles. The SMILES string of the molecule is Oc1ccc(N(c2ccccc2)c2cc3c4ccccc4c(N(c4ccccc4)c4ccc(O)cc4)cc3c3ccccc23)cc1. The lowest BCUT2D eigenvalue weighted by Gasteiger charge is -2.29. The van der Waals surface area contributed by atoms with Crippen molar-refractivity contribution in [3.63, 3.8) is 0 Å². The van der Waals surface area contributed by atoms with Gasteiger partial charge in [-0.2, -0.15) is 0 Å². The Morgan fingerprint density at radius 3 is 0.957 bits per heavy atom. The van der Waals surface area contributed by atoms with Crippen molar-refractivity contribution in [3.05, 3.63) is 170 Å². The molecule has 0 atom stereocenters. The molecule has 8 aromatic carbocycles. The fraction of sp³-hybridized carbons (Fsp3) is 0. The fourth-order valence-corrected chi connectivity index (χ4v) is 6.49. The summed E-state index contributed by atoms with van der Waals surface area (Å²) in [5.74, 6) is 0.463. The van der Waals surface area contributed by atoms with E-state index < -0.39 is 0 Å². The van der Waals surface area contributed by atoms with Gasteiger partial charge in [-0.15, -0.1) is 0 Å². The van der Waals surface area contributed by atoms with Crippen molar-refractivity contribution in [3.8, 4) is 11.5 Å². The summed E-state index contributed by atoms with van der Waals surface area (Å²) >= 11 is 0. The molecule has 2 N–H and O–H groups in total. The average molecular weight is 595 g/mol. The van der Waals surface area contributed by atoms with Gasteiger partial charge in [0, 0.05) is 33.5 Å². The first-order valence-corrected chi connectivity index (χ1v) is 15.3. The molecule has 0 unspecified atom stereocenters. The highest BCUT2D eigenvalue weighted by atomic mass is 16.3. The standard InChI is InChI=1S/C42H30N2O2/c45-33-23-19-31(20-24-33)43(29-11-3-1-4-12-29)41-27-39-36-16-8-10-18-38(36)42(28-40(39)35-15-7-9-17-37(35)41)44(30-13-5-2-6-14-30)32-21-25-34(46)26-22-32/h1-28,45-46H. The first-order chi connectivity index (χ1) is 22.7. The van der Waals surface area contributed by atoms with Crippen LogP contribution in [-0.4, -0.2) is 10.2 Å². The van der Waals surface area contributed by atoms with Gasteiger partial charge in [0.1, 0.15) is 11.5 Å².